The van der Waals surface area contributed by atoms with Crippen molar-refractivity contribution in [2.45, 2.75) is 116 Å². The minimum atomic E-state index is -1.18. The second kappa shape index (κ2) is 18.2. The summed E-state index contributed by atoms with van der Waals surface area (Å²) in [5.41, 5.74) is 6.65. The minimum absolute atomic E-state index is 0.0406. The maximum atomic E-state index is 13.4. The van der Waals surface area contributed by atoms with Crippen LogP contribution in [0, 0.1) is 23.7 Å². The lowest BCUT2D eigenvalue weighted by Gasteiger charge is -2.43. The number of ether oxygens (including phenoxy) is 2. The maximum Gasteiger partial charge on any atom is 0.410 e. The molecular formula is C38H59BN6O6. The second-order valence-corrected chi connectivity index (χ2v) is 14.7. The number of carboxylic acids is 1. The summed E-state index contributed by atoms with van der Waals surface area (Å²) in [6.07, 6.45) is 6.63. The van der Waals surface area contributed by atoms with Gasteiger partial charge in [0, 0.05) is 43.4 Å². The Morgan fingerprint density at radius 3 is 2.53 bits per heavy atom. The van der Waals surface area contributed by atoms with Gasteiger partial charge in [-0.05, 0) is 89.2 Å². The van der Waals surface area contributed by atoms with Crippen molar-refractivity contribution in [2.24, 2.45) is 23.7 Å². The lowest BCUT2D eigenvalue weighted by Crippen LogP contribution is -2.58. The predicted octanol–water partition coefficient (Wildman–Crippen LogP) is 5.78. The molecule has 4 N–H and O–H groups in total. The molecule has 2 heterocycles. The number of amides is 1. The first-order valence-corrected chi connectivity index (χ1v) is 18.2. The lowest BCUT2D eigenvalue weighted by molar-refractivity contribution is -0.147. The molecule has 1 aromatic heterocycles. The molecule has 9 atom stereocenters. The third kappa shape index (κ3) is 9.80. The van der Waals surface area contributed by atoms with E-state index in [4.69, 9.17) is 23.1 Å². The van der Waals surface area contributed by atoms with E-state index in [1.54, 1.807) is 20.1 Å². The van der Waals surface area contributed by atoms with Crippen molar-refractivity contribution >= 4 is 31.4 Å². The van der Waals surface area contributed by atoms with Crippen LogP contribution in [0.15, 0.2) is 43.1 Å². The maximum absolute atomic E-state index is 13.4. The zero-order chi connectivity index (χ0) is 38.1. The van der Waals surface area contributed by atoms with Gasteiger partial charge in [0.25, 0.3) is 0 Å². The molecular weight excluding hydrogens is 647 g/mol. The number of unbranched alkanes of at least 4 members (excludes halogenated alkanes) is 1. The van der Waals surface area contributed by atoms with E-state index < -0.39 is 40.6 Å². The minimum Gasteiger partial charge on any atom is -0.481 e. The molecule has 51 heavy (non-hydrogen) atoms. The number of methoxy groups -OCH3 is 1. The fraction of sp³-hybridized carbons (Fsp3) is 0.658. The molecule has 1 amide bonds. The van der Waals surface area contributed by atoms with Gasteiger partial charge in [0.15, 0.2) is 0 Å². The Labute approximate surface area is 305 Å². The molecule has 1 fully saturated rings. The Balaban J connectivity index is 1.68. The number of Topliss-reactive ketones (excluding diaryl/α,β-unsaturated/α-hetero) is 1. The molecule has 0 spiro atoms. The van der Waals surface area contributed by atoms with Gasteiger partial charge < -0.3 is 25.6 Å². The van der Waals surface area contributed by atoms with Crippen LogP contribution in [0.1, 0.15) is 80.6 Å². The van der Waals surface area contributed by atoms with E-state index in [0.29, 0.717) is 38.2 Å². The number of nitrogens with zero attached hydrogens (tertiary/aromatic N) is 4. The highest BCUT2D eigenvalue weighted by atomic mass is 16.6. The Morgan fingerprint density at radius 1 is 1.24 bits per heavy atom. The predicted molar refractivity (Wildman–Crippen MR) is 200 cm³/mol. The molecule has 2 aromatic rings. The molecule has 280 valence electrons. The first-order chi connectivity index (χ1) is 24.0. The molecule has 1 aromatic carbocycles. The summed E-state index contributed by atoms with van der Waals surface area (Å²) in [5.74, 6) is -4.10. The smallest absolute Gasteiger partial charge is 0.410 e. The third-order valence-electron chi connectivity index (χ3n) is 11.1. The second-order valence-electron chi connectivity index (χ2n) is 14.7. The van der Waals surface area contributed by atoms with Crippen LogP contribution < -0.4 is 11.1 Å². The SMILES string of the molecule is [B][C@H]([C@H](C)C(=O)[C@@H](C)C(=O)O)[C@@](CC=C)(C[C@@H](C)CN[C@H](C)[C@H]1N(CCCCn2cc(-c3cccc(N)c3)nn2)C(=O)O[C@]1(C)[C@H](C)CC)OC. The quantitative estimate of drug-likeness (QED) is 0.0450. The highest BCUT2D eigenvalue weighted by molar-refractivity contribution is 6.15. The van der Waals surface area contributed by atoms with Gasteiger partial charge in [-0.2, -0.15) is 0 Å². The van der Waals surface area contributed by atoms with E-state index in [2.05, 4.69) is 49.9 Å². The molecule has 0 saturated carbocycles. The number of carbonyl (C=O) groups excluding carboxylic acids is 2. The Bertz CT molecular complexity index is 1490. The molecule has 0 bridgehead atoms. The van der Waals surface area contributed by atoms with Crippen LogP contribution in [-0.4, -0.2) is 94.2 Å². The number of nitrogens with two attached hydrogens (primary N) is 1. The summed E-state index contributed by atoms with van der Waals surface area (Å²) >= 11 is 0. The lowest BCUT2D eigenvalue weighted by atomic mass is 9.60. The number of ketones is 1. The molecule has 1 aliphatic rings. The normalized spacial score (nSPS) is 22.3. The number of aromatic nitrogens is 3. The van der Waals surface area contributed by atoms with Crippen molar-refractivity contribution in [1.29, 1.82) is 0 Å². The zero-order valence-corrected chi connectivity index (χ0v) is 31.8. The number of aliphatic carboxylic acids is 1. The number of carboxylic acid groups (broad SMARTS) is 1. The molecule has 0 unspecified atom stereocenters. The van der Waals surface area contributed by atoms with Gasteiger partial charge in [0.1, 0.15) is 23.0 Å². The van der Waals surface area contributed by atoms with Crippen molar-refractivity contribution < 1.29 is 29.0 Å². The van der Waals surface area contributed by atoms with E-state index in [1.165, 1.54) is 6.92 Å². The summed E-state index contributed by atoms with van der Waals surface area (Å²) in [4.78, 5) is 39.8. The number of cyclic esters (lactones) is 1. The molecule has 2 radical (unpaired) electrons. The number of aryl methyl sites for hydroxylation is 1. The van der Waals surface area contributed by atoms with Crippen molar-refractivity contribution in [3.63, 3.8) is 0 Å². The first-order valence-electron chi connectivity index (χ1n) is 18.2. The zero-order valence-electron chi connectivity index (χ0n) is 31.8. The van der Waals surface area contributed by atoms with Crippen LogP contribution in [0.25, 0.3) is 11.3 Å². The third-order valence-corrected chi connectivity index (χ3v) is 11.1. The van der Waals surface area contributed by atoms with E-state index >= 15 is 0 Å². The van der Waals surface area contributed by atoms with Crippen LogP contribution in [0.4, 0.5) is 10.5 Å². The molecule has 1 saturated heterocycles. The van der Waals surface area contributed by atoms with Crippen LogP contribution in [-0.2, 0) is 25.6 Å². The molecule has 3 rings (SSSR count). The molecule has 1 aliphatic heterocycles. The Morgan fingerprint density at radius 2 is 1.92 bits per heavy atom. The summed E-state index contributed by atoms with van der Waals surface area (Å²) < 4.78 is 14.0. The van der Waals surface area contributed by atoms with E-state index in [-0.39, 0.29) is 30.0 Å². The van der Waals surface area contributed by atoms with Crippen LogP contribution in [0.2, 0.25) is 5.82 Å². The standard InChI is InChI=1S/C38H59BN6O6/c1-10-17-38(50-9,33(39)26(5)32(46)27(6)35(47)48)21-24(3)22-41-28(7)34-37(8,25(4)11-2)51-36(49)45(34)19-13-12-18-44-23-31(42-43-44)29-15-14-16-30(40)20-29/h10,14-16,20,23-28,33-34,41H,1,11-13,17-19,21-22,40H2,2-9H3,(H,47,48)/t24-,25-,26-,27-,28-,33-,34-,37-,38-/m1/s1. The van der Waals surface area contributed by atoms with Crippen molar-refractivity contribution in [1.82, 2.24) is 25.2 Å². The number of carbonyl (C=O) groups is 3. The van der Waals surface area contributed by atoms with E-state index in [0.717, 1.165) is 30.5 Å². The van der Waals surface area contributed by atoms with Crippen LogP contribution >= 0.6 is 0 Å². The van der Waals surface area contributed by atoms with Gasteiger partial charge >= 0.3 is 12.1 Å². The number of anilines is 1. The first kappa shape index (κ1) is 41.7. The summed E-state index contributed by atoms with van der Waals surface area (Å²) in [5, 5.41) is 21.7. The Hall–Kier alpha value is -3.71. The number of rotatable bonds is 22. The fourth-order valence-corrected chi connectivity index (χ4v) is 7.53. The topological polar surface area (TPSA) is 162 Å². The molecule has 12 nitrogen and oxygen atoms in total. The highest BCUT2D eigenvalue weighted by Crippen LogP contribution is 2.42. The van der Waals surface area contributed by atoms with E-state index in [9.17, 15) is 19.5 Å². The van der Waals surface area contributed by atoms with Crippen molar-refractivity contribution in [3.05, 3.63) is 43.1 Å². The van der Waals surface area contributed by atoms with Gasteiger partial charge in [0.2, 0.25) is 0 Å². The molecule has 13 heteroatoms. The number of hydrogen-bond acceptors (Lipinski definition) is 9. The Kier molecular flexibility index (Phi) is 14.9. The van der Waals surface area contributed by atoms with Crippen molar-refractivity contribution in [3.8, 4) is 11.3 Å². The van der Waals surface area contributed by atoms with Crippen LogP contribution in [0.3, 0.4) is 0 Å². The average molecular weight is 707 g/mol. The monoisotopic (exact) mass is 706 g/mol. The van der Waals surface area contributed by atoms with Gasteiger partial charge in [-0.15, -0.1) is 11.7 Å². The largest absolute Gasteiger partial charge is 0.481 e. The summed E-state index contributed by atoms with van der Waals surface area (Å²) in [6.45, 7) is 19.2. The van der Waals surface area contributed by atoms with Gasteiger partial charge in [-0.25, -0.2) is 4.79 Å². The summed E-state index contributed by atoms with van der Waals surface area (Å²) in [6, 6.07) is 7.21. The van der Waals surface area contributed by atoms with Crippen molar-refractivity contribution in [2.75, 3.05) is 25.9 Å². The fourth-order valence-electron chi connectivity index (χ4n) is 7.53. The van der Waals surface area contributed by atoms with Gasteiger partial charge in [-0.3, -0.25) is 19.2 Å². The average Bonchev–Trinajstić information content (AvgIpc) is 3.68. The number of benzene rings is 1. The highest BCUT2D eigenvalue weighted by Gasteiger charge is 2.55. The number of hydrogen-bond donors (Lipinski definition) is 3. The number of nitrogen functional groups attached to an aromatic ring is 1. The van der Waals surface area contributed by atoms with E-state index in [1.807, 2.05) is 47.0 Å². The van der Waals surface area contributed by atoms with Gasteiger partial charge in [-0.1, -0.05) is 51.1 Å². The van der Waals surface area contributed by atoms with Crippen LogP contribution in [0.5, 0.6) is 0 Å². The summed E-state index contributed by atoms with van der Waals surface area (Å²) in [7, 11) is 8.27. The number of nitrogens with one attached hydrogen (secondary N) is 1. The van der Waals surface area contributed by atoms with Gasteiger partial charge in [0.05, 0.1) is 25.7 Å². The molecule has 0 aliphatic carbocycles.